The first-order chi connectivity index (χ1) is 9.12. The van der Waals surface area contributed by atoms with Gasteiger partial charge < -0.3 is 15.4 Å². The summed E-state index contributed by atoms with van der Waals surface area (Å²) in [4.78, 5) is 12.0. The minimum Gasteiger partial charge on any atom is -0.467 e. The van der Waals surface area contributed by atoms with Gasteiger partial charge in [0.2, 0.25) is 11.9 Å². The second kappa shape index (κ2) is 5.66. The van der Waals surface area contributed by atoms with Gasteiger partial charge in [-0.1, -0.05) is 11.6 Å². The van der Waals surface area contributed by atoms with Crippen molar-refractivity contribution >= 4 is 29.2 Å². The maximum atomic E-state index is 13.2. The third-order valence-electron chi connectivity index (χ3n) is 2.20. The molecule has 0 amide bonds. The molecule has 0 aliphatic carbocycles. The minimum atomic E-state index is -0.415. The van der Waals surface area contributed by atoms with E-state index in [0.29, 0.717) is 16.7 Å². The maximum absolute atomic E-state index is 13.2. The molecule has 2 N–H and O–H groups in total. The molecule has 0 saturated carbocycles. The number of nitrogens with one attached hydrogen (secondary N) is 2. The van der Waals surface area contributed by atoms with Gasteiger partial charge in [0.25, 0.3) is 0 Å². The van der Waals surface area contributed by atoms with Crippen molar-refractivity contribution in [2.75, 3.05) is 24.8 Å². The fourth-order valence-corrected chi connectivity index (χ4v) is 1.49. The van der Waals surface area contributed by atoms with Crippen LogP contribution in [-0.2, 0) is 0 Å². The number of methoxy groups -OCH3 is 1. The largest absolute Gasteiger partial charge is 0.467 e. The van der Waals surface area contributed by atoms with Gasteiger partial charge in [-0.25, -0.2) is 4.39 Å². The molecule has 0 radical (unpaired) electrons. The SMILES string of the molecule is CNc1nc(Nc2cc(F)ccc2Cl)nc(OC)n1. The molecule has 1 aromatic carbocycles. The summed E-state index contributed by atoms with van der Waals surface area (Å²) in [7, 11) is 3.10. The highest BCUT2D eigenvalue weighted by Crippen LogP contribution is 2.25. The number of aromatic nitrogens is 3. The molecular formula is C11H11ClFN5O. The van der Waals surface area contributed by atoms with Crippen LogP contribution in [0.3, 0.4) is 0 Å². The fraction of sp³-hybridized carbons (Fsp3) is 0.182. The predicted octanol–water partition coefficient (Wildman–Crippen LogP) is 2.46. The average Bonchev–Trinajstić information content (AvgIpc) is 2.42. The van der Waals surface area contributed by atoms with Crippen molar-refractivity contribution in [2.45, 2.75) is 0 Å². The van der Waals surface area contributed by atoms with Crippen molar-refractivity contribution in [1.82, 2.24) is 15.0 Å². The van der Waals surface area contributed by atoms with Gasteiger partial charge in [0.1, 0.15) is 5.82 Å². The Labute approximate surface area is 114 Å². The van der Waals surface area contributed by atoms with Crippen LogP contribution in [0.4, 0.5) is 22.0 Å². The summed E-state index contributed by atoms with van der Waals surface area (Å²) in [5, 5.41) is 5.93. The van der Waals surface area contributed by atoms with Crippen LogP contribution in [0.2, 0.25) is 5.02 Å². The Morgan fingerprint density at radius 2 is 1.95 bits per heavy atom. The molecule has 2 aromatic rings. The zero-order valence-electron chi connectivity index (χ0n) is 10.2. The molecule has 6 nitrogen and oxygen atoms in total. The average molecular weight is 284 g/mol. The van der Waals surface area contributed by atoms with Crippen LogP contribution >= 0.6 is 11.6 Å². The molecule has 0 atom stereocenters. The van der Waals surface area contributed by atoms with Gasteiger partial charge in [-0.05, 0) is 18.2 Å². The van der Waals surface area contributed by atoms with Crippen molar-refractivity contribution < 1.29 is 9.13 Å². The smallest absolute Gasteiger partial charge is 0.322 e. The topological polar surface area (TPSA) is 72.0 Å². The summed E-state index contributed by atoms with van der Waals surface area (Å²) in [6.45, 7) is 0. The molecule has 0 unspecified atom stereocenters. The Balaban J connectivity index is 2.34. The zero-order valence-corrected chi connectivity index (χ0v) is 11.0. The highest BCUT2D eigenvalue weighted by molar-refractivity contribution is 6.33. The van der Waals surface area contributed by atoms with Crippen LogP contribution in [0.5, 0.6) is 6.01 Å². The van der Waals surface area contributed by atoms with Crippen LogP contribution in [0, 0.1) is 5.82 Å². The van der Waals surface area contributed by atoms with Gasteiger partial charge in [-0.15, -0.1) is 0 Å². The number of hydrogen-bond donors (Lipinski definition) is 2. The molecule has 100 valence electrons. The lowest BCUT2D eigenvalue weighted by atomic mass is 10.3. The first-order valence-electron chi connectivity index (χ1n) is 5.32. The third kappa shape index (κ3) is 3.19. The number of benzene rings is 1. The Morgan fingerprint density at radius 3 is 2.63 bits per heavy atom. The third-order valence-corrected chi connectivity index (χ3v) is 2.53. The van der Waals surface area contributed by atoms with Crippen LogP contribution in [0.15, 0.2) is 18.2 Å². The van der Waals surface area contributed by atoms with Crippen LogP contribution in [0.1, 0.15) is 0 Å². The number of halogens is 2. The highest BCUT2D eigenvalue weighted by Gasteiger charge is 2.08. The normalized spacial score (nSPS) is 10.1. The van der Waals surface area contributed by atoms with E-state index in [2.05, 4.69) is 25.6 Å². The van der Waals surface area contributed by atoms with Crippen molar-refractivity contribution in [2.24, 2.45) is 0 Å². The monoisotopic (exact) mass is 283 g/mol. The number of ether oxygens (including phenoxy) is 1. The fourth-order valence-electron chi connectivity index (χ4n) is 1.33. The number of anilines is 3. The highest BCUT2D eigenvalue weighted by atomic mass is 35.5. The van der Waals surface area contributed by atoms with Crippen LogP contribution in [-0.4, -0.2) is 29.1 Å². The quantitative estimate of drug-likeness (QED) is 0.898. The summed E-state index contributed by atoms with van der Waals surface area (Å²) in [6, 6.07) is 4.09. The zero-order chi connectivity index (χ0) is 13.8. The van der Waals surface area contributed by atoms with Gasteiger partial charge in [0.05, 0.1) is 17.8 Å². The lowest BCUT2D eigenvalue weighted by Gasteiger charge is -2.09. The van der Waals surface area contributed by atoms with E-state index < -0.39 is 5.82 Å². The van der Waals surface area contributed by atoms with E-state index in [-0.39, 0.29) is 12.0 Å². The van der Waals surface area contributed by atoms with Crippen LogP contribution in [0.25, 0.3) is 0 Å². The molecule has 0 bridgehead atoms. The molecule has 2 rings (SSSR count). The molecule has 19 heavy (non-hydrogen) atoms. The molecule has 0 aliphatic heterocycles. The van der Waals surface area contributed by atoms with Crippen LogP contribution < -0.4 is 15.4 Å². The van der Waals surface area contributed by atoms with Gasteiger partial charge >= 0.3 is 6.01 Å². The van der Waals surface area contributed by atoms with Gasteiger partial charge in [-0.2, -0.15) is 15.0 Å². The maximum Gasteiger partial charge on any atom is 0.322 e. The molecule has 0 aliphatic rings. The van der Waals surface area contributed by atoms with Gasteiger partial charge in [-0.3, -0.25) is 0 Å². The van der Waals surface area contributed by atoms with Crippen molar-refractivity contribution in [3.8, 4) is 6.01 Å². The van der Waals surface area contributed by atoms with E-state index in [1.807, 2.05) is 0 Å². The Hall–Kier alpha value is -2.15. The minimum absolute atomic E-state index is 0.134. The molecule has 0 fully saturated rings. The molecular weight excluding hydrogens is 273 g/mol. The summed E-state index contributed by atoms with van der Waals surface area (Å²) in [5.74, 6) is 0.104. The second-order valence-corrected chi connectivity index (χ2v) is 3.88. The molecule has 1 heterocycles. The molecule has 8 heteroatoms. The van der Waals surface area contributed by atoms with E-state index in [0.717, 1.165) is 0 Å². The second-order valence-electron chi connectivity index (χ2n) is 3.47. The number of nitrogens with zero attached hydrogens (tertiary/aromatic N) is 3. The van der Waals surface area contributed by atoms with E-state index in [1.54, 1.807) is 7.05 Å². The Kier molecular flexibility index (Phi) is 3.96. The summed E-state index contributed by atoms with van der Waals surface area (Å²) >= 11 is 5.95. The summed E-state index contributed by atoms with van der Waals surface area (Å²) in [5.41, 5.74) is 0.358. The van der Waals surface area contributed by atoms with E-state index in [4.69, 9.17) is 16.3 Å². The van der Waals surface area contributed by atoms with E-state index in [9.17, 15) is 4.39 Å². The lowest BCUT2D eigenvalue weighted by molar-refractivity contribution is 0.379. The Bertz CT molecular complexity index is 573. The number of hydrogen-bond acceptors (Lipinski definition) is 6. The standard InChI is InChI=1S/C11H11ClFN5O/c1-14-9-16-10(18-11(17-9)19-2)15-8-5-6(13)3-4-7(8)12/h3-5H,1-2H3,(H2,14,15,16,17,18). The van der Waals surface area contributed by atoms with Crippen molar-refractivity contribution in [3.05, 3.63) is 29.0 Å². The predicted molar refractivity (Wildman–Crippen MR) is 70.6 cm³/mol. The lowest BCUT2D eigenvalue weighted by Crippen LogP contribution is -2.05. The molecule has 0 spiro atoms. The van der Waals surface area contributed by atoms with Gasteiger partial charge in [0, 0.05) is 7.05 Å². The summed E-state index contributed by atoms with van der Waals surface area (Å²) in [6.07, 6.45) is 0. The first-order valence-corrected chi connectivity index (χ1v) is 5.70. The molecule has 1 aromatic heterocycles. The summed E-state index contributed by atoms with van der Waals surface area (Å²) < 4.78 is 18.1. The van der Waals surface area contributed by atoms with Gasteiger partial charge in [0.15, 0.2) is 0 Å². The Morgan fingerprint density at radius 1 is 1.21 bits per heavy atom. The van der Waals surface area contributed by atoms with E-state index >= 15 is 0 Å². The number of rotatable bonds is 4. The van der Waals surface area contributed by atoms with Crippen molar-refractivity contribution in [1.29, 1.82) is 0 Å². The van der Waals surface area contributed by atoms with Crippen molar-refractivity contribution in [3.63, 3.8) is 0 Å². The molecule has 0 saturated heterocycles. The first kappa shape index (κ1) is 13.3. The van der Waals surface area contributed by atoms with E-state index in [1.165, 1.54) is 25.3 Å².